The van der Waals surface area contributed by atoms with Gasteiger partial charge in [0, 0.05) is 19.5 Å². The van der Waals surface area contributed by atoms with Crippen LogP contribution >= 0.6 is 23.1 Å². The number of nitrogens with one attached hydrogen (secondary N) is 1. The van der Waals surface area contributed by atoms with Crippen LogP contribution in [0.1, 0.15) is 54.6 Å². The Morgan fingerprint density at radius 1 is 1.12 bits per heavy atom. The summed E-state index contributed by atoms with van der Waals surface area (Å²) in [5, 5.41) is 11.6. The van der Waals surface area contributed by atoms with E-state index >= 15 is 8.78 Å². The molecule has 2 fully saturated rings. The third-order valence-corrected chi connectivity index (χ3v) is 8.72. The average Bonchev–Trinajstić information content (AvgIpc) is 3.63. The number of rotatable bonds is 9. The molecule has 41 heavy (non-hydrogen) atoms. The van der Waals surface area contributed by atoms with Crippen LogP contribution in [0.15, 0.2) is 30.3 Å². The van der Waals surface area contributed by atoms with E-state index in [0.29, 0.717) is 30.4 Å². The number of carbonyl (C=O) groups excluding carboxylic acids is 2. The molecular weight excluding hydrogens is 583 g/mol. The molecule has 1 amide bonds. The predicted octanol–water partition coefficient (Wildman–Crippen LogP) is 5.97. The standard InChI is InChI=1S/C28H27ClF3N3O5S/c29-18-12-16(20(31)14-21(18)33-26(37)25-24-19(30)4-3-5-22(24)41-34-25)13-23(36)28(32,35-10-1-2-11-35)40-17-8-6-15(7-9-17)27(38)39/h3-5,12,14-15,17H,1-2,6-11,13H2,(H,33,37)(H,38,39). The Bertz CT molecular complexity index is 1490. The number of Topliss-reactive ketones (excluding diaryl/α,β-unsaturated/α-hetero) is 1. The van der Waals surface area contributed by atoms with Crippen LogP contribution in [0.4, 0.5) is 18.9 Å². The maximum Gasteiger partial charge on any atom is 0.330 e. The summed E-state index contributed by atoms with van der Waals surface area (Å²) < 4.78 is 56.1. The van der Waals surface area contributed by atoms with Crippen molar-refractivity contribution < 1.29 is 37.4 Å². The Kier molecular flexibility index (Phi) is 8.65. The Morgan fingerprint density at radius 3 is 2.51 bits per heavy atom. The Balaban J connectivity index is 1.32. The molecule has 218 valence electrons. The first kappa shape index (κ1) is 29.4. The first-order chi connectivity index (χ1) is 19.6. The summed E-state index contributed by atoms with van der Waals surface area (Å²) in [6.07, 6.45) is 1.21. The van der Waals surface area contributed by atoms with Crippen molar-refractivity contribution in [3.8, 4) is 0 Å². The Morgan fingerprint density at radius 2 is 1.83 bits per heavy atom. The van der Waals surface area contributed by atoms with Crippen LogP contribution in [-0.4, -0.2) is 57.2 Å². The number of hydrogen-bond donors (Lipinski definition) is 2. The number of nitrogens with zero attached hydrogens (tertiary/aromatic N) is 2. The van der Waals surface area contributed by atoms with Crippen LogP contribution in [0.3, 0.4) is 0 Å². The van der Waals surface area contributed by atoms with Crippen molar-refractivity contribution >= 4 is 56.6 Å². The molecule has 5 rings (SSSR count). The number of halogens is 4. The molecule has 2 aliphatic rings. The minimum absolute atomic E-state index is 0.0338. The van der Waals surface area contributed by atoms with E-state index in [1.54, 1.807) is 6.07 Å². The Labute approximate surface area is 242 Å². The molecule has 0 radical (unpaired) electrons. The first-order valence-electron chi connectivity index (χ1n) is 13.3. The molecule has 3 aromatic rings. The number of carboxylic acid groups (broad SMARTS) is 1. The number of carbonyl (C=O) groups is 3. The van der Waals surface area contributed by atoms with Gasteiger partial charge >= 0.3 is 11.9 Å². The lowest BCUT2D eigenvalue weighted by molar-refractivity contribution is -0.252. The van der Waals surface area contributed by atoms with Crippen LogP contribution in [0, 0.1) is 17.6 Å². The third-order valence-electron chi connectivity index (χ3n) is 7.60. The molecule has 1 atom stereocenters. The van der Waals surface area contributed by atoms with Crippen molar-refractivity contribution in [2.24, 2.45) is 5.92 Å². The largest absolute Gasteiger partial charge is 0.481 e. The second kappa shape index (κ2) is 12.0. The smallest absolute Gasteiger partial charge is 0.330 e. The van der Waals surface area contributed by atoms with Gasteiger partial charge in [0.05, 0.1) is 32.8 Å². The van der Waals surface area contributed by atoms with Gasteiger partial charge in [-0.25, -0.2) is 13.7 Å². The van der Waals surface area contributed by atoms with Gasteiger partial charge in [0.1, 0.15) is 11.6 Å². The molecule has 1 aliphatic heterocycles. The summed E-state index contributed by atoms with van der Waals surface area (Å²) in [5.41, 5.74) is -0.496. The lowest BCUT2D eigenvalue weighted by Crippen LogP contribution is -2.54. The van der Waals surface area contributed by atoms with E-state index in [0.717, 1.165) is 23.7 Å². The van der Waals surface area contributed by atoms with Crippen molar-refractivity contribution in [1.29, 1.82) is 0 Å². The van der Waals surface area contributed by atoms with Crippen LogP contribution in [0.2, 0.25) is 5.02 Å². The molecule has 1 aromatic heterocycles. The average molecular weight is 610 g/mol. The minimum Gasteiger partial charge on any atom is -0.481 e. The quantitative estimate of drug-likeness (QED) is 0.288. The van der Waals surface area contributed by atoms with Crippen LogP contribution in [-0.2, 0) is 20.7 Å². The fraction of sp³-hybridized carbons (Fsp3) is 0.429. The fourth-order valence-electron chi connectivity index (χ4n) is 5.36. The van der Waals surface area contributed by atoms with E-state index in [1.807, 2.05) is 0 Å². The summed E-state index contributed by atoms with van der Waals surface area (Å²) in [4.78, 5) is 38.7. The topological polar surface area (TPSA) is 109 Å². The van der Waals surface area contributed by atoms with Gasteiger partial charge in [0.25, 0.3) is 5.91 Å². The molecular formula is C28H27ClF3N3O5S. The highest BCUT2D eigenvalue weighted by Gasteiger charge is 2.49. The van der Waals surface area contributed by atoms with Gasteiger partial charge in [-0.15, -0.1) is 0 Å². The zero-order valence-electron chi connectivity index (χ0n) is 21.8. The molecule has 1 aliphatic carbocycles. The maximum atomic E-state index is 16.4. The minimum atomic E-state index is -2.81. The van der Waals surface area contributed by atoms with Gasteiger partial charge in [-0.2, -0.15) is 8.76 Å². The number of carboxylic acids is 1. The molecule has 0 spiro atoms. The highest BCUT2D eigenvalue weighted by atomic mass is 35.5. The number of ether oxygens (including phenoxy) is 1. The summed E-state index contributed by atoms with van der Waals surface area (Å²) in [6.45, 7) is 0.569. The van der Waals surface area contributed by atoms with Crippen molar-refractivity contribution in [3.63, 3.8) is 0 Å². The second-order valence-electron chi connectivity index (χ2n) is 10.3. The lowest BCUT2D eigenvalue weighted by Gasteiger charge is -2.37. The molecule has 2 aromatic carbocycles. The number of amides is 1. The molecule has 1 unspecified atom stereocenters. The summed E-state index contributed by atoms with van der Waals surface area (Å²) in [5.74, 6) is -7.58. The second-order valence-corrected chi connectivity index (χ2v) is 11.5. The number of aliphatic carboxylic acids is 1. The van der Waals surface area contributed by atoms with Crippen molar-refractivity contribution in [1.82, 2.24) is 9.27 Å². The molecule has 2 N–H and O–H groups in total. The van der Waals surface area contributed by atoms with E-state index < -0.39 is 53.7 Å². The number of fused-ring (bicyclic) bond motifs is 1. The monoisotopic (exact) mass is 609 g/mol. The fourth-order valence-corrected chi connectivity index (χ4v) is 6.38. The van der Waals surface area contributed by atoms with Gasteiger partial charge in [-0.3, -0.25) is 14.4 Å². The van der Waals surface area contributed by atoms with Crippen LogP contribution in [0.25, 0.3) is 10.1 Å². The van der Waals surface area contributed by atoms with E-state index in [9.17, 15) is 23.9 Å². The van der Waals surface area contributed by atoms with Gasteiger partial charge in [0.2, 0.25) is 5.78 Å². The number of ketones is 1. The number of aromatic nitrogens is 1. The van der Waals surface area contributed by atoms with Crippen molar-refractivity contribution in [2.45, 2.75) is 57.0 Å². The van der Waals surface area contributed by atoms with Crippen LogP contribution in [0.5, 0.6) is 0 Å². The van der Waals surface area contributed by atoms with Crippen molar-refractivity contribution in [3.05, 3.63) is 58.2 Å². The SMILES string of the molecule is O=C(Nc1cc(F)c(CC(=O)C(F)(OC2CCC(C(=O)O)CC2)N2CCCC2)cc1Cl)c1nsc2cccc(F)c12. The van der Waals surface area contributed by atoms with Gasteiger partial charge < -0.3 is 15.2 Å². The van der Waals surface area contributed by atoms with E-state index in [1.165, 1.54) is 17.0 Å². The molecule has 13 heteroatoms. The maximum absolute atomic E-state index is 16.4. The number of likely N-dealkylation sites (tertiary alicyclic amines) is 1. The zero-order chi connectivity index (χ0) is 29.3. The highest BCUT2D eigenvalue weighted by molar-refractivity contribution is 7.13. The van der Waals surface area contributed by atoms with Crippen molar-refractivity contribution in [2.75, 3.05) is 18.4 Å². The van der Waals surface area contributed by atoms with Gasteiger partial charge in [-0.05, 0) is 79.9 Å². The lowest BCUT2D eigenvalue weighted by atomic mass is 9.87. The van der Waals surface area contributed by atoms with E-state index in [4.69, 9.17) is 16.3 Å². The number of anilines is 1. The molecule has 8 nitrogen and oxygen atoms in total. The zero-order valence-corrected chi connectivity index (χ0v) is 23.4. The molecule has 0 bridgehead atoms. The Hall–Kier alpha value is -3.06. The molecule has 1 saturated carbocycles. The first-order valence-corrected chi connectivity index (χ1v) is 14.4. The normalized spacial score (nSPS) is 21.1. The van der Waals surface area contributed by atoms with E-state index in [2.05, 4.69) is 9.69 Å². The van der Waals surface area contributed by atoms with Gasteiger partial charge in [-0.1, -0.05) is 17.7 Å². The summed E-state index contributed by atoms with van der Waals surface area (Å²) in [6, 6.07) is 6.35. The number of hydrogen-bond acceptors (Lipinski definition) is 7. The highest BCUT2D eigenvalue weighted by Crippen LogP contribution is 2.35. The van der Waals surface area contributed by atoms with Gasteiger partial charge in [0.15, 0.2) is 5.69 Å². The third kappa shape index (κ3) is 6.11. The predicted molar refractivity (Wildman–Crippen MR) is 147 cm³/mol. The summed E-state index contributed by atoms with van der Waals surface area (Å²) >= 11 is 7.25. The number of benzene rings is 2. The molecule has 2 heterocycles. The van der Waals surface area contributed by atoms with Crippen LogP contribution < -0.4 is 5.32 Å². The van der Waals surface area contributed by atoms with E-state index in [-0.39, 0.29) is 53.3 Å². The summed E-state index contributed by atoms with van der Waals surface area (Å²) in [7, 11) is 0. The number of alkyl halides is 1. The molecule has 1 saturated heterocycles.